The number of nitrogens with one attached hydrogen (secondary N) is 1. The number of nitrogens with zero attached hydrogens (tertiary/aromatic N) is 1. The summed E-state index contributed by atoms with van der Waals surface area (Å²) >= 11 is 9.14. The molecule has 0 bridgehead atoms. The van der Waals surface area contributed by atoms with Gasteiger partial charge in [-0.2, -0.15) is 0 Å². The maximum absolute atomic E-state index is 11.5. The Balaban J connectivity index is 0.000000400. The molecule has 5 nitrogen and oxygen atoms in total. The van der Waals surface area contributed by atoms with Crippen molar-refractivity contribution >= 4 is 33.6 Å². The molecule has 2 heterocycles. The largest absolute Gasteiger partial charge is 0.444 e. The summed E-state index contributed by atoms with van der Waals surface area (Å²) in [7, 11) is 0. The van der Waals surface area contributed by atoms with Gasteiger partial charge in [-0.25, -0.2) is 4.79 Å². The van der Waals surface area contributed by atoms with Crippen molar-refractivity contribution < 1.29 is 14.3 Å². The minimum absolute atomic E-state index is 0.296. The number of halogens is 2. The number of pyridine rings is 1. The fourth-order valence-corrected chi connectivity index (χ4v) is 2.55. The first-order valence-electron chi connectivity index (χ1n) is 8.05. The van der Waals surface area contributed by atoms with Gasteiger partial charge in [-0.3, -0.25) is 4.98 Å². The summed E-state index contributed by atoms with van der Waals surface area (Å²) in [4.78, 5) is 15.7. The van der Waals surface area contributed by atoms with Gasteiger partial charge >= 0.3 is 6.09 Å². The minimum Gasteiger partial charge on any atom is -0.444 e. The molecule has 24 heavy (non-hydrogen) atoms. The summed E-state index contributed by atoms with van der Waals surface area (Å²) in [5.41, 5.74) is 1.10. The molecule has 0 spiro atoms. The summed E-state index contributed by atoms with van der Waals surface area (Å²) in [5.74, 6) is 0.345. The van der Waals surface area contributed by atoms with E-state index in [9.17, 15) is 4.79 Å². The van der Waals surface area contributed by atoms with Gasteiger partial charge in [0.15, 0.2) is 0 Å². The lowest BCUT2D eigenvalue weighted by Gasteiger charge is -2.19. The first kappa shape index (κ1) is 21.2. The van der Waals surface area contributed by atoms with Gasteiger partial charge in [0, 0.05) is 29.8 Å². The van der Waals surface area contributed by atoms with E-state index in [0.29, 0.717) is 12.4 Å². The highest BCUT2D eigenvalue weighted by atomic mass is 79.9. The number of carbonyl (C=O) groups excluding carboxylic acids is 1. The van der Waals surface area contributed by atoms with E-state index in [1.165, 1.54) is 19.3 Å². The van der Waals surface area contributed by atoms with E-state index in [1.54, 1.807) is 6.20 Å². The van der Waals surface area contributed by atoms with Gasteiger partial charge in [0.1, 0.15) is 5.60 Å². The number of ether oxygens (including phenoxy) is 2. The van der Waals surface area contributed by atoms with Gasteiger partial charge in [0.25, 0.3) is 0 Å². The molecule has 0 aliphatic carbocycles. The number of hydrogen-bond acceptors (Lipinski definition) is 4. The van der Waals surface area contributed by atoms with Crippen LogP contribution >= 0.6 is 27.5 Å². The predicted molar refractivity (Wildman–Crippen MR) is 99.2 cm³/mol. The van der Waals surface area contributed by atoms with E-state index in [0.717, 1.165) is 28.9 Å². The highest BCUT2D eigenvalue weighted by molar-refractivity contribution is 9.10. The number of amides is 1. The Bertz CT molecular complexity index is 506. The fraction of sp³-hybridized carbons (Fsp3) is 0.647. The van der Waals surface area contributed by atoms with Gasteiger partial charge in [0.2, 0.25) is 0 Å². The molecule has 1 aliphatic rings. The van der Waals surface area contributed by atoms with E-state index in [4.69, 9.17) is 21.1 Å². The Hall–Kier alpha value is -0.850. The van der Waals surface area contributed by atoms with Crippen LogP contribution in [0.5, 0.6) is 0 Å². The maximum Gasteiger partial charge on any atom is 0.407 e. The zero-order chi connectivity index (χ0) is 18.0. The number of alkyl carbamates (subject to hydrolysis) is 1. The molecule has 0 unspecified atom stereocenters. The van der Waals surface area contributed by atoms with E-state index in [-0.39, 0.29) is 0 Å². The van der Waals surface area contributed by atoms with E-state index in [1.807, 2.05) is 26.8 Å². The Labute approximate surface area is 157 Å². The molecule has 0 aromatic carbocycles. The Kier molecular flexibility index (Phi) is 9.63. The van der Waals surface area contributed by atoms with Crippen LogP contribution in [0.3, 0.4) is 0 Å². The summed E-state index contributed by atoms with van der Waals surface area (Å²) in [6.45, 7) is 7.74. The summed E-state index contributed by atoms with van der Waals surface area (Å²) in [5, 5.41) is 2.65. The molecule has 1 fully saturated rings. The van der Waals surface area contributed by atoms with Gasteiger partial charge in [-0.15, -0.1) is 11.6 Å². The monoisotopic (exact) mass is 420 g/mol. The zero-order valence-electron chi connectivity index (χ0n) is 14.5. The highest BCUT2D eigenvalue weighted by Gasteiger charge is 2.16. The van der Waals surface area contributed by atoms with Gasteiger partial charge < -0.3 is 14.8 Å². The molecule has 1 aliphatic heterocycles. The number of hydrogen-bond donors (Lipinski definition) is 1. The summed E-state index contributed by atoms with van der Waals surface area (Å²) in [6, 6.07) is 1.88. The van der Waals surface area contributed by atoms with Crippen molar-refractivity contribution in [2.24, 2.45) is 0 Å². The van der Waals surface area contributed by atoms with Crippen LogP contribution in [0.1, 0.15) is 51.3 Å². The van der Waals surface area contributed by atoms with E-state index < -0.39 is 11.7 Å². The molecule has 2 rings (SSSR count). The molecule has 1 aromatic heterocycles. The highest BCUT2D eigenvalue weighted by Crippen LogP contribution is 2.16. The third kappa shape index (κ3) is 9.45. The molecule has 1 saturated heterocycles. The van der Waals surface area contributed by atoms with Crippen LogP contribution in [0.25, 0.3) is 0 Å². The van der Waals surface area contributed by atoms with Crippen LogP contribution in [0.15, 0.2) is 16.7 Å². The second-order valence-corrected chi connectivity index (χ2v) is 7.60. The molecule has 7 heteroatoms. The number of aromatic nitrogens is 1. The van der Waals surface area contributed by atoms with Crippen LogP contribution < -0.4 is 5.32 Å². The number of alkyl halides is 1. The van der Waals surface area contributed by atoms with Crippen LogP contribution in [-0.4, -0.2) is 29.9 Å². The Morgan fingerprint density at radius 3 is 2.50 bits per heavy atom. The molecule has 1 N–H and O–H groups in total. The quantitative estimate of drug-likeness (QED) is 0.713. The SMILES string of the molecule is C1CCOCC1.CC(C)(C)OC(=O)NCc1ncc(Br)cc1CCl. The molecule has 0 atom stereocenters. The van der Waals surface area contributed by atoms with Crippen molar-refractivity contribution in [2.45, 2.75) is 58.1 Å². The standard InChI is InChI=1S/C12H16BrClN2O2.C5H10O/c1-12(2,3)18-11(17)16-7-10-8(5-14)4-9(13)6-15-10;1-2-4-6-5-3-1/h4,6H,5,7H2,1-3H3,(H,16,17);1-5H2. The van der Waals surface area contributed by atoms with Crippen LogP contribution in [-0.2, 0) is 21.9 Å². The smallest absolute Gasteiger partial charge is 0.407 e. The van der Waals surface area contributed by atoms with Crippen LogP contribution in [0.4, 0.5) is 4.79 Å². The Morgan fingerprint density at radius 1 is 1.38 bits per heavy atom. The molecule has 0 radical (unpaired) electrons. The lowest BCUT2D eigenvalue weighted by atomic mass is 10.2. The van der Waals surface area contributed by atoms with Gasteiger partial charge in [-0.1, -0.05) is 0 Å². The van der Waals surface area contributed by atoms with Crippen molar-refractivity contribution in [1.82, 2.24) is 10.3 Å². The predicted octanol–water partition coefficient (Wildman–Crippen LogP) is 4.79. The minimum atomic E-state index is -0.507. The fourth-order valence-electron chi connectivity index (χ4n) is 1.94. The number of carbonyl (C=O) groups is 1. The Morgan fingerprint density at radius 2 is 2.04 bits per heavy atom. The van der Waals surface area contributed by atoms with Crippen molar-refractivity contribution in [3.05, 3.63) is 28.0 Å². The van der Waals surface area contributed by atoms with Gasteiger partial charge in [0.05, 0.1) is 12.2 Å². The van der Waals surface area contributed by atoms with Gasteiger partial charge in [-0.05, 0) is 67.6 Å². The third-order valence-corrected chi connectivity index (χ3v) is 3.77. The normalized spacial score (nSPS) is 14.4. The molecular formula is C17H26BrClN2O3. The van der Waals surface area contributed by atoms with Crippen molar-refractivity contribution in [3.8, 4) is 0 Å². The van der Waals surface area contributed by atoms with Crippen molar-refractivity contribution in [3.63, 3.8) is 0 Å². The van der Waals surface area contributed by atoms with Crippen LogP contribution in [0, 0.1) is 0 Å². The van der Waals surface area contributed by atoms with E-state index >= 15 is 0 Å². The lowest BCUT2D eigenvalue weighted by Crippen LogP contribution is -2.32. The second-order valence-electron chi connectivity index (χ2n) is 6.42. The topological polar surface area (TPSA) is 60.5 Å². The first-order valence-corrected chi connectivity index (χ1v) is 9.38. The lowest BCUT2D eigenvalue weighted by molar-refractivity contribution is 0.0523. The summed E-state index contributed by atoms with van der Waals surface area (Å²) in [6.07, 6.45) is 5.13. The third-order valence-electron chi connectivity index (χ3n) is 3.05. The van der Waals surface area contributed by atoms with Crippen molar-refractivity contribution in [2.75, 3.05) is 13.2 Å². The molecule has 136 valence electrons. The average molecular weight is 422 g/mol. The average Bonchev–Trinajstić information content (AvgIpc) is 2.54. The molecule has 0 saturated carbocycles. The second kappa shape index (κ2) is 10.9. The van der Waals surface area contributed by atoms with Crippen LogP contribution in [0.2, 0.25) is 0 Å². The molecular weight excluding hydrogens is 396 g/mol. The van der Waals surface area contributed by atoms with E-state index in [2.05, 4.69) is 26.2 Å². The molecule has 1 amide bonds. The maximum atomic E-state index is 11.5. The molecule has 1 aromatic rings. The zero-order valence-corrected chi connectivity index (χ0v) is 16.9. The summed E-state index contributed by atoms with van der Waals surface area (Å²) < 4.78 is 11.1. The number of rotatable bonds is 3. The van der Waals surface area contributed by atoms with Crippen molar-refractivity contribution in [1.29, 1.82) is 0 Å². The first-order chi connectivity index (χ1) is 11.3.